The second-order valence-corrected chi connectivity index (χ2v) is 8.49. The molecule has 0 atom stereocenters. The smallest absolute Gasteiger partial charge is 0.258 e. The van der Waals surface area contributed by atoms with Gasteiger partial charge in [0, 0.05) is 22.3 Å². The monoisotopic (exact) mass is 448 g/mol. The molecule has 2 aromatic rings. The van der Waals surface area contributed by atoms with E-state index in [0.29, 0.717) is 33.7 Å². The number of primary sulfonamides is 1. The molecular formula is C15H11BrCl2N2O3S. The highest BCUT2D eigenvalue weighted by Gasteiger charge is 2.28. The first kappa shape index (κ1) is 17.7. The first-order valence-corrected chi connectivity index (χ1v) is 9.90. The third-order valence-electron chi connectivity index (χ3n) is 3.75. The Bertz CT molecular complexity index is 963. The quantitative estimate of drug-likeness (QED) is 0.760. The van der Waals surface area contributed by atoms with Crippen LogP contribution in [0.5, 0.6) is 0 Å². The van der Waals surface area contributed by atoms with Gasteiger partial charge in [-0.25, -0.2) is 13.6 Å². The van der Waals surface area contributed by atoms with Crippen molar-refractivity contribution in [2.45, 2.75) is 11.3 Å². The zero-order chi connectivity index (χ0) is 17.6. The third-order valence-corrected chi connectivity index (χ3v) is 6.36. The van der Waals surface area contributed by atoms with Crippen LogP contribution in [-0.2, 0) is 16.4 Å². The molecule has 1 amide bonds. The number of hydrogen-bond acceptors (Lipinski definition) is 3. The summed E-state index contributed by atoms with van der Waals surface area (Å²) in [4.78, 5) is 14.2. The van der Waals surface area contributed by atoms with Crippen molar-refractivity contribution in [2.24, 2.45) is 5.14 Å². The lowest BCUT2D eigenvalue weighted by molar-refractivity contribution is 0.0989. The number of amides is 1. The molecule has 3 rings (SSSR count). The summed E-state index contributed by atoms with van der Waals surface area (Å²) in [5.74, 6) is -0.282. The van der Waals surface area contributed by atoms with Gasteiger partial charge in [0.05, 0.1) is 14.9 Å². The van der Waals surface area contributed by atoms with Crippen LogP contribution in [0.25, 0.3) is 0 Å². The molecule has 1 aliphatic heterocycles. The van der Waals surface area contributed by atoms with Crippen LogP contribution in [-0.4, -0.2) is 20.9 Å². The molecule has 1 heterocycles. The fourth-order valence-corrected chi connectivity index (χ4v) is 4.57. The van der Waals surface area contributed by atoms with E-state index in [9.17, 15) is 13.2 Å². The Morgan fingerprint density at radius 1 is 1.17 bits per heavy atom. The summed E-state index contributed by atoms with van der Waals surface area (Å²) in [7, 11) is -3.90. The van der Waals surface area contributed by atoms with E-state index in [1.165, 1.54) is 17.0 Å². The van der Waals surface area contributed by atoms with Crippen LogP contribution in [0.3, 0.4) is 0 Å². The standard InChI is InChI=1S/C15H11BrCl2N2O3S/c16-10-5-8-3-4-20(13(8)7-14(10)24(19,22)23)15(21)9-1-2-11(17)12(18)6-9/h1-2,5-7H,3-4H2,(H2,19,22,23). The minimum absolute atomic E-state index is 0.0601. The largest absolute Gasteiger partial charge is 0.308 e. The van der Waals surface area contributed by atoms with E-state index in [4.69, 9.17) is 28.3 Å². The van der Waals surface area contributed by atoms with E-state index < -0.39 is 10.0 Å². The number of anilines is 1. The van der Waals surface area contributed by atoms with Gasteiger partial charge < -0.3 is 4.90 Å². The van der Waals surface area contributed by atoms with Crippen molar-refractivity contribution in [1.82, 2.24) is 0 Å². The Morgan fingerprint density at radius 3 is 2.50 bits per heavy atom. The Balaban J connectivity index is 2.05. The number of benzene rings is 2. The summed E-state index contributed by atoms with van der Waals surface area (Å²) in [6.45, 7) is 0.439. The van der Waals surface area contributed by atoms with Crippen LogP contribution in [0, 0.1) is 0 Å². The summed E-state index contributed by atoms with van der Waals surface area (Å²) in [5, 5.41) is 5.86. The molecule has 1 aliphatic rings. The first-order valence-electron chi connectivity index (χ1n) is 6.80. The van der Waals surface area contributed by atoms with Gasteiger partial charge in [0.2, 0.25) is 10.0 Å². The highest BCUT2D eigenvalue weighted by molar-refractivity contribution is 9.10. The zero-order valence-corrected chi connectivity index (χ0v) is 16.0. The van der Waals surface area contributed by atoms with Crippen LogP contribution in [0.1, 0.15) is 15.9 Å². The third kappa shape index (κ3) is 3.19. The topological polar surface area (TPSA) is 80.5 Å². The summed E-state index contributed by atoms with van der Waals surface area (Å²) < 4.78 is 23.8. The highest BCUT2D eigenvalue weighted by atomic mass is 79.9. The number of halogens is 3. The van der Waals surface area contributed by atoms with Gasteiger partial charge in [-0.3, -0.25) is 4.79 Å². The van der Waals surface area contributed by atoms with Gasteiger partial charge in [-0.2, -0.15) is 0 Å². The number of nitrogens with two attached hydrogens (primary N) is 1. The van der Waals surface area contributed by atoms with Crippen molar-refractivity contribution < 1.29 is 13.2 Å². The number of rotatable bonds is 2. The van der Waals surface area contributed by atoms with Gasteiger partial charge in [-0.15, -0.1) is 0 Å². The predicted molar refractivity (Wildman–Crippen MR) is 97.4 cm³/mol. The average molecular weight is 450 g/mol. The molecule has 0 radical (unpaired) electrons. The SMILES string of the molecule is NS(=O)(=O)c1cc2c(cc1Br)CCN2C(=O)c1ccc(Cl)c(Cl)c1. The Labute approximate surface area is 157 Å². The van der Waals surface area contributed by atoms with Crippen LogP contribution >= 0.6 is 39.1 Å². The van der Waals surface area contributed by atoms with Gasteiger partial charge in [0.1, 0.15) is 0 Å². The molecule has 2 aromatic carbocycles. The molecule has 0 saturated carbocycles. The number of sulfonamides is 1. The van der Waals surface area contributed by atoms with Crippen molar-refractivity contribution in [3.8, 4) is 0 Å². The molecule has 0 unspecified atom stereocenters. The van der Waals surface area contributed by atoms with E-state index in [1.807, 2.05) is 0 Å². The number of carbonyl (C=O) groups excluding carboxylic acids is 1. The molecule has 24 heavy (non-hydrogen) atoms. The Hall–Kier alpha value is -1.12. The van der Waals surface area contributed by atoms with Crippen molar-refractivity contribution >= 4 is 60.7 Å². The molecule has 0 aliphatic carbocycles. The minimum atomic E-state index is -3.90. The van der Waals surface area contributed by atoms with Crippen LogP contribution < -0.4 is 10.0 Å². The zero-order valence-electron chi connectivity index (χ0n) is 12.1. The number of carbonyl (C=O) groups is 1. The number of nitrogens with zero attached hydrogens (tertiary/aromatic N) is 1. The predicted octanol–water partition coefficient (Wildman–Crippen LogP) is 3.61. The van der Waals surface area contributed by atoms with Crippen LogP contribution in [0.15, 0.2) is 39.7 Å². The summed E-state index contributed by atoms with van der Waals surface area (Å²) in [6, 6.07) is 7.71. The minimum Gasteiger partial charge on any atom is -0.308 e. The van der Waals surface area contributed by atoms with E-state index in [1.54, 1.807) is 18.2 Å². The highest BCUT2D eigenvalue weighted by Crippen LogP contribution is 2.36. The maximum atomic E-state index is 12.8. The van der Waals surface area contributed by atoms with E-state index >= 15 is 0 Å². The Kier molecular flexibility index (Phi) is 4.65. The molecule has 0 saturated heterocycles. The molecule has 126 valence electrons. The van der Waals surface area contributed by atoms with E-state index in [2.05, 4.69) is 15.9 Å². The van der Waals surface area contributed by atoms with Gasteiger partial charge >= 0.3 is 0 Å². The van der Waals surface area contributed by atoms with Crippen LogP contribution in [0.4, 0.5) is 5.69 Å². The number of fused-ring (bicyclic) bond motifs is 1. The molecule has 0 aromatic heterocycles. The van der Waals surface area contributed by atoms with E-state index in [0.717, 1.165) is 5.56 Å². The van der Waals surface area contributed by atoms with Crippen molar-refractivity contribution in [2.75, 3.05) is 11.4 Å². The average Bonchev–Trinajstić information content (AvgIpc) is 2.90. The lowest BCUT2D eigenvalue weighted by Gasteiger charge is -2.18. The molecule has 9 heteroatoms. The molecule has 5 nitrogen and oxygen atoms in total. The first-order chi connectivity index (χ1) is 11.2. The van der Waals surface area contributed by atoms with Crippen molar-refractivity contribution in [3.05, 3.63) is 56.0 Å². The molecular weight excluding hydrogens is 439 g/mol. The second-order valence-electron chi connectivity index (χ2n) is 5.29. The normalized spacial score (nSPS) is 13.9. The van der Waals surface area contributed by atoms with Crippen LogP contribution in [0.2, 0.25) is 10.0 Å². The lowest BCUT2D eigenvalue weighted by Crippen LogP contribution is -2.29. The van der Waals surface area contributed by atoms with Gasteiger partial charge in [-0.1, -0.05) is 23.2 Å². The molecule has 0 spiro atoms. The lowest BCUT2D eigenvalue weighted by atomic mass is 10.1. The van der Waals surface area contributed by atoms with Gasteiger partial charge in [0.25, 0.3) is 5.91 Å². The maximum Gasteiger partial charge on any atom is 0.258 e. The summed E-state index contributed by atoms with van der Waals surface area (Å²) in [6.07, 6.45) is 0.617. The van der Waals surface area contributed by atoms with Crippen molar-refractivity contribution in [3.63, 3.8) is 0 Å². The van der Waals surface area contributed by atoms with Gasteiger partial charge in [0.15, 0.2) is 0 Å². The maximum absolute atomic E-state index is 12.8. The number of hydrogen-bond donors (Lipinski definition) is 1. The second kappa shape index (κ2) is 6.31. The fraction of sp³-hybridized carbons (Fsp3) is 0.133. The fourth-order valence-electron chi connectivity index (χ4n) is 2.60. The summed E-state index contributed by atoms with van der Waals surface area (Å²) in [5.41, 5.74) is 1.76. The summed E-state index contributed by atoms with van der Waals surface area (Å²) >= 11 is 15.0. The molecule has 0 bridgehead atoms. The molecule has 0 fully saturated rings. The van der Waals surface area contributed by atoms with Gasteiger partial charge in [-0.05, 0) is 58.2 Å². The molecule has 2 N–H and O–H groups in total. The van der Waals surface area contributed by atoms with Crippen molar-refractivity contribution in [1.29, 1.82) is 0 Å². The Morgan fingerprint density at radius 2 is 1.88 bits per heavy atom. The van der Waals surface area contributed by atoms with E-state index in [-0.39, 0.29) is 15.8 Å².